The van der Waals surface area contributed by atoms with E-state index in [1.54, 1.807) is 5.51 Å². The Labute approximate surface area is 145 Å². The van der Waals surface area contributed by atoms with E-state index in [9.17, 15) is 4.79 Å². The molecule has 0 bridgehead atoms. The average molecular weight is 346 g/mol. The Morgan fingerprint density at radius 1 is 1.25 bits per heavy atom. The molecule has 1 aliphatic heterocycles. The second-order valence-electron chi connectivity index (χ2n) is 5.74. The van der Waals surface area contributed by atoms with Crippen molar-refractivity contribution in [1.82, 2.24) is 19.9 Å². The Balaban J connectivity index is 1.67. The van der Waals surface area contributed by atoms with Crippen LogP contribution in [0.25, 0.3) is 0 Å². The quantitative estimate of drug-likeness (QED) is 0.912. The molecule has 0 saturated carbocycles. The third kappa shape index (κ3) is 3.48. The predicted octanol–water partition coefficient (Wildman–Crippen LogP) is 1.94. The number of hydrogen-bond acceptors (Lipinski definition) is 7. The van der Waals surface area contributed by atoms with Crippen LogP contribution in [0.2, 0.25) is 0 Å². The van der Waals surface area contributed by atoms with Crippen LogP contribution in [0.4, 0.5) is 11.6 Å². The number of carbonyl (C=O) groups is 1. The molecular formula is C16H22N6OS. The highest BCUT2D eigenvalue weighted by molar-refractivity contribution is 7.11. The van der Waals surface area contributed by atoms with E-state index in [-0.39, 0.29) is 5.91 Å². The van der Waals surface area contributed by atoms with Crippen molar-refractivity contribution in [3.8, 4) is 0 Å². The predicted molar refractivity (Wildman–Crippen MR) is 95.9 cm³/mol. The van der Waals surface area contributed by atoms with Gasteiger partial charge in [0.05, 0.1) is 11.2 Å². The summed E-state index contributed by atoms with van der Waals surface area (Å²) in [5, 5.41) is 3.23. The molecule has 2 aromatic rings. The zero-order valence-corrected chi connectivity index (χ0v) is 15.1. The van der Waals surface area contributed by atoms with Crippen molar-refractivity contribution >= 4 is 28.9 Å². The first kappa shape index (κ1) is 16.6. The first-order valence-electron chi connectivity index (χ1n) is 8.12. The van der Waals surface area contributed by atoms with Gasteiger partial charge in [0.25, 0.3) is 5.91 Å². The summed E-state index contributed by atoms with van der Waals surface area (Å²) < 4.78 is 0. The van der Waals surface area contributed by atoms with E-state index in [2.05, 4.69) is 25.2 Å². The number of rotatable bonds is 4. The average Bonchev–Trinajstić information content (AvgIpc) is 3.00. The van der Waals surface area contributed by atoms with E-state index in [4.69, 9.17) is 0 Å². The lowest BCUT2D eigenvalue weighted by Gasteiger charge is -2.35. The number of aromatic nitrogens is 3. The first-order chi connectivity index (χ1) is 11.6. The summed E-state index contributed by atoms with van der Waals surface area (Å²) in [6.45, 7) is 9.57. The first-order valence-corrected chi connectivity index (χ1v) is 9.00. The summed E-state index contributed by atoms with van der Waals surface area (Å²) in [5.74, 6) is 2.60. The third-order valence-electron chi connectivity index (χ3n) is 4.01. The second kappa shape index (κ2) is 7.12. The van der Waals surface area contributed by atoms with Crippen LogP contribution in [0.1, 0.15) is 28.1 Å². The van der Waals surface area contributed by atoms with Gasteiger partial charge in [-0.2, -0.15) is 0 Å². The van der Waals surface area contributed by atoms with Crippen LogP contribution in [0.15, 0.2) is 11.6 Å². The topological polar surface area (TPSA) is 74.2 Å². The minimum atomic E-state index is 0.0851. The van der Waals surface area contributed by atoms with Gasteiger partial charge in [-0.15, -0.1) is 11.3 Å². The van der Waals surface area contributed by atoms with Crippen molar-refractivity contribution in [1.29, 1.82) is 0 Å². The fourth-order valence-electron chi connectivity index (χ4n) is 2.78. The fourth-order valence-corrected chi connectivity index (χ4v) is 3.54. The molecule has 128 valence electrons. The lowest BCUT2D eigenvalue weighted by atomic mass is 10.2. The highest BCUT2D eigenvalue weighted by Gasteiger charge is 2.25. The van der Waals surface area contributed by atoms with E-state index in [1.165, 1.54) is 11.3 Å². The molecule has 8 heteroatoms. The van der Waals surface area contributed by atoms with Gasteiger partial charge in [0.2, 0.25) is 0 Å². The Morgan fingerprint density at radius 3 is 2.62 bits per heavy atom. The number of nitrogens with one attached hydrogen (secondary N) is 1. The Kier molecular flexibility index (Phi) is 4.94. The normalized spacial score (nSPS) is 14.8. The monoisotopic (exact) mass is 346 g/mol. The zero-order valence-electron chi connectivity index (χ0n) is 14.2. The maximum absolute atomic E-state index is 12.6. The number of hydrogen-bond donors (Lipinski definition) is 1. The standard InChI is InChI=1S/C16H22N6OS/c1-4-17-13-9-14(20-12(3)19-13)21-5-7-22(8-6-21)16(23)15-11(2)18-10-24-15/h9-10H,4-8H2,1-3H3,(H,17,19,20). The minimum absolute atomic E-state index is 0.0851. The van der Waals surface area contributed by atoms with Crippen molar-refractivity contribution in [2.45, 2.75) is 20.8 Å². The summed E-state index contributed by atoms with van der Waals surface area (Å²) >= 11 is 1.41. The van der Waals surface area contributed by atoms with E-state index < -0.39 is 0 Å². The number of anilines is 2. The number of carbonyl (C=O) groups excluding carboxylic acids is 1. The second-order valence-corrected chi connectivity index (χ2v) is 6.59. The summed E-state index contributed by atoms with van der Waals surface area (Å²) in [4.78, 5) is 30.5. The van der Waals surface area contributed by atoms with E-state index >= 15 is 0 Å². The number of piperazine rings is 1. The zero-order chi connectivity index (χ0) is 17.1. The number of thiazole rings is 1. The van der Waals surface area contributed by atoms with Gasteiger partial charge in [-0.1, -0.05) is 0 Å². The molecule has 0 radical (unpaired) electrons. The molecule has 24 heavy (non-hydrogen) atoms. The van der Waals surface area contributed by atoms with Crippen LogP contribution in [0, 0.1) is 13.8 Å². The van der Waals surface area contributed by atoms with Gasteiger partial charge in [-0.3, -0.25) is 4.79 Å². The van der Waals surface area contributed by atoms with Gasteiger partial charge in [0.1, 0.15) is 22.3 Å². The van der Waals surface area contributed by atoms with Crippen molar-refractivity contribution < 1.29 is 4.79 Å². The van der Waals surface area contributed by atoms with E-state index in [0.29, 0.717) is 13.1 Å². The molecule has 1 fully saturated rings. The van der Waals surface area contributed by atoms with Gasteiger partial charge in [0.15, 0.2) is 0 Å². The van der Waals surface area contributed by atoms with E-state index in [0.717, 1.165) is 47.7 Å². The lowest BCUT2D eigenvalue weighted by molar-refractivity contribution is 0.0750. The molecule has 1 N–H and O–H groups in total. The third-order valence-corrected chi connectivity index (χ3v) is 4.93. The molecule has 7 nitrogen and oxygen atoms in total. The minimum Gasteiger partial charge on any atom is -0.370 e. The van der Waals surface area contributed by atoms with Gasteiger partial charge in [0, 0.05) is 38.8 Å². The van der Waals surface area contributed by atoms with Crippen molar-refractivity contribution in [3.63, 3.8) is 0 Å². The van der Waals surface area contributed by atoms with E-state index in [1.807, 2.05) is 31.7 Å². The van der Waals surface area contributed by atoms with Crippen molar-refractivity contribution in [2.24, 2.45) is 0 Å². The van der Waals surface area contributed by atoms with Crippen LogP contribution in [-0.2, 0) is 0 Å². The van der Waals surface area contributed by atoms with Crippen LogP contribution < -0.4 is 10.2 Å². The summed E-state index contributed by atoms with van der Waals surface area (Å²) in [6.07, 6.45) is 0. The highest BCUT2D eigenvalue weighted by Crippen LogP contribution is 2.20. The SMILES string of the molecule is CCNc1cc(N2CCN(C(=O)c3scnc3C)CC2)nc(C)n1. The van der Waals surface area contributed by atoms with Crippen LogP contribution in [0.3, 0.4) is 0 Å². The Hall–Kier alpha value is -2.22. The largest absolute Gasteiger partial charge is 0.370 e. The molecule has 3 rings (SSSR count). The Bertz CT molecular complexity index is 723. The Morgan fingerprint density at radius 2 is 2.00 bits per heavy atom. The molecule has 1 aliphatic rings. The van der Waals surface area contributed by atoms with Crippen LogP contribution in [-0.4, -0.2) is 58.5 Å². The van der Waals surface area contributed by atoms with Gasteiger partial charge in [-0.05, 0) is 20.8 Å². The molecule has 3 heterocycles. The maximum Gasteiger partial charge on any atom is 0.265 e. The van der Waals surface area contributed by atoms with Gasteiger partial charge in [-0.25, -0.2) is 15.0 Å². The molecule has 0 unspecified atom stereocenters. The number of amides is 1. The number of nitrogens with zero attached hydrogens (tertiary/aromatic N) is 5. The summed E-state index contributed by atoms with van der Waals surface area (Å²) in [7, 11) is 0. The number of aryl methyl sites for hydroxylation is 2. The highest BCUT2D eigenvalue weighted by atomic mass is 32.1. The molecule has 0 atom stereocenters. The van der Waals surface area contributed by atoms with Gasteiger partial charge < -0.3 is 15.1 Å². The maximum atomic E-state index is 12.6. The van der Waals surface area contributed by atoms with Crippen molar-refractivity contribution in [2.75, 3.05) is 42.9 Å². The molecule has 0 spiro atoms. The summed E-state index contributed by atoms with van der Waals surface area (Å²) in [5.41, 5.74) is 2.54. The summed E-state index contributed by atoms with van der Waals surface area (Å²) in [6, 6.07) is 1.97. The lowest BCUT2D eigenvalue weighted by Crippen LogP contribution is -2.49. The molecular weight excluding hydrogens is 324 g/mol. The molecule has 0 aromatic carbocycles. The van der Waals surface area contributed by atoms with Crippen molar-refractivity contribution in [3.05, 3.63) is 28.0 Å². The molecule has 2 aromatic heterocycles. The fraction of sp³-hybridized carbons (Fsp3) is 0.500. The van der Waals surface area contributed by atoms with Crippen LogP contribution >= 0.6 is 11.3 Å². The molecule has 1 saturated heterocycles. The molecule has 1 amide bonds. The van der Waals surface area contributed by atoms with Crippen LogP contribution in [0.5, 0.6) is 0 Å². The molecule has 0 aliphatic carbocycles. The smallest absolute Gasteiger partial charge is 0.265 e. The van der Waals surface area contributed by atoms with Gasteiger partial charge >= 0.3 is 0 Å².